The van der Waals surface area contributed by atoms with Gasteiger partial charge in [-0.3, -0.25) is 0 Å². The molecule has 1 aliphatic rings. The van der Waals surface area contributed by atoms with E-state index in [9.17, 15) is 18.1 Å². The van der Waals surface area contributed by atoms with Crippen molar-refractivity contribution in [2.45, 2.75) is 6.04 Å². The fraction of sp³-hybridized carbons (Fsp3) is 0.143. The number of halogens is 2. The summed E-state index contributed by atoms with van der Waals surface area (Å²) in [7, 11) is -2.85. The summed E-state index contributed by atoms with van der Waals surface area (Å²) in [4.78, 5) is 20.5. The predicted octanol–water partition coefficient (Wildman–Crippen LogP) is 0.887. The lowest BCUT2D eigenvalue weighted by molar-refractivity contribution is -0.132. The van der Waals surface area contributed by atoms with Crippen LogP contribution in [0.2, 0.25) is 0 Å². The van der Waals surface area contributed by atoms with Crippen molar-refractivity contribution in [3.63, 3.8) is 0 Å². The average molecular weight is 284 g/mol. The summed E-state index contributed by atoms with van der Waals surface area (Å²) in [6.07, 6.45) is 0.912. The summed E-state index contributed by atoms with van der Waals surface area (Å²) in [6.45, 7) is 0. The minimum absolute atomic E-state index is 0.323. The van der Waals surface area contributed by atoms with Gasteiger partial charge in [-0.2, -0.15) is 8.42 Å². The van der Waals surface area contributed by atoms with E-state index >= 15 is 0 Å². The summed E-state index contributed by atoms with van der Waals surface area (Å²) < 4.78 is 21.6. The molecule has 0 saturated carbocycles. The molecule has 0 amide bonds. The molecule has 0 aromatic rings. The molecule has 0 aromatic carbocycles. The SMILES string of the molecule is O=NC1C=C(Cl)C(C(=O)O)=C(Cl)C1=S(=O)=O. The standard InChI is InChI=1S/C7H3Cl2NO5S/c8-2-1-3(10-13)6(16(14)15)5(9)4(2)7(11)12/h1,3H,(H,11,12). The van der Waals surface area contributed by atoms with Crippen LogP contribution in [0.4, 0.5) is 0 Å². The molecule has 0 aromatic heterocycles. The van der Waals surface area contributed by atoms with Gasteiger partial charge in [-0.1, -0.05) is 28.4 Å². The van der Waals surface area contributed by atoms with E-state index in [0.29, 0.717) is 0 Å². The van der Waals surface area contributed by atoms with E-state index in [2.05, 4.69) is 5.18 Å². The van der Waals surface area contributed by atoms with Crippen LogP contribution in [0, 0.1) is 4.91 Å². The smallest absolute Gasteiger partial charge is 0.338 e. The summed E-state index contributed by atoms with van der Waals surface area (Å²) in [5.74, 6) is -1.49. The minimum atomic E-state index is -2.85. The third-order valence-electron chi connectivity index (χ3n) is 1.75. The fourth-order valence-corrected chi connectivity index (χ4v) is 2.48. The molecule has 0 heterocycles. The Morgan fingerprint density at radius 1 is 1.44 bits per heavy atom. The maximum atomic E-state index is 10.8. The van der Waals surface area contributed by atoms with Gasteiger partial charge >= 0.3 is 5.97 Å². The molecule has 1 rings (SSSR count). The molecule has 1 atom stereocenters. The van der Waals surface area contributed by atoms with Crippen molar-refractivity contribution in [3.05, 3.63) is 26.6 Å². The van der Waals surface area contributed by atoms with Gasteiger partial charge in [0.1, 0.15) is 4.86 Å². The Morgan fingerprint density at radius 2 is 2.00 bits per heavy atom. The van der Waals surface area contributed by atoms with Crippen LogP contribution in [-0.2, 0) is 15.1 Å². The van der Waals surface area contributed by atoms with E-state index in [1.807, 2.05) is 0 Å². The molecule has 86 valence electrons. The van der Waals surface area contributed by atoms with Gasteiger partial charge in [0.05, 0.1) is 15.6 Å². The van der Waals surface area contributed by atoms with Crippen LogP contribution in [-0.4, -0.2) is 30.4 Å². The molecule has 1 aliphatic carbocycles. The highest BCUT2D eigenvalue weighted by molar-refractivity contribution is 7.73. The molecule has 1 unspecified atom stereocenters. The molecule has 0 bridgehead atoms. The van der Waals surface area contributed by atoms with Crippen LogP contribution < -0.4 is 0 Å². The number of hydrogen-bond acceptors (Lipinski definition) is 5. The topological polar surface area (TPSA) is 101 Å². The minimum Gasteiger partial charge on any atom is -0.478 e. The Bertz CT molecular complexity index is 551. The molecule has 1 N–H and O–H groups in total. The lowest BCUT2D eigenvalue weighted by Gasteiger charge is -2.14. The van der Waals surface area contributed by atoms with Gasteiger partial charge in [0.25, 0.3) is 0 Å². The first-order valence-electron chi connectivity index (χ1n) is 3.69. The largest absolute Gasteiger partial charge is 0.478 e. The van der Waals surface area contributed by atoms with Gasteiger partial charge < -0.3 is 5.11 Å². The van der Waals surface area contributed by atoms with Crippen molar-refractivity contribution in [1.82, 2.24) is 0 Å². The van der Waals surface area contributed by atoms with Crippen molar-refractivity contribution in [2.75, 3.05) is 0 Å². The quantitative estimate of drug-likeness (QED) is 0.599. The van der Waals surface area contributed by atoms with Crippen molar-refractivity contribution >= 4 is 44.3 Å². The van der Waals surface area contributed by atoms with E-state index in [4.69, 9.17) is 28.3 Å². The molecule has 16 heavy (non-hydrogen) atoms. The highest BCUT2D eigenvalue weighted by Gasteiger charge is 2.32. The van der Waals surface area contributed by atoms with Crippen LogP contribution in [0.1, 0.15) is 0 Å². The normalized spacial score (nSPS) is 20.5. The van der Waals surface area contributed by atoms with E-state index in [1.54, 1.807) is 0 Å². The highest BCUT2D eigenvalue weighted by Crippen LogP contribution is 2.30. The van der Waals surface area contributed by atoms with Gasteiger partial charge in [0, 0.05) is 0 Å². The first-order chi connectivity index (χ1) is 7.40. The molecule has 0 spiro atoms. The van der Waals surface area contributed by atoms with E-state index in [-0.39, 0.29) is 5.03 Å². The van der Waals surface area contributed by atoms with Crippen molar-refractivity contribution in [3.8, 4) is 0 Å². The summed E-state index contributed by atoms with van der Waals surface area (Å²) >= 11 is 11.1. The Balaban J connectivity index is 3.61. The number of aliphatic carboxylic acids is 1. The predicted molar refractivity (Wildman–Crippen MR) is 58.0 cm³/mol. The molecule has 6 nitrogen and oxygen atoms in total. The zero-order valence-corrected chi connectivity index (χ0v) is 9.67. The summed E-state index contributed by atoms with van der Waals surface area (Å²) in [6, 6.07) is -1.40. The summed E-state index contributed by atoms with van der Waals surface area (Å²) in [5.41, 5.74) is -0.567. The first-order valence-corrected chi connectivity index (χ1v) is 5.53. The second-order valence-corrected chi connectivity index (χ2v) is 4.35. The molecule has 0 saturated heterocycles. The van der Waals surface area contributed by atoms with E-state index < -0.39 is 37.8 Å². The summed E-state index contributed by atoms with van der Waals surface area (Å²) in [5, 5.41) is 10.3. The third kappa shape index (κ3) is 2.16. The fourth-order valence-electron chi connectivity index (χ4n) is 1.10. The maximum absolute atomic E-state index is 10.8. The van der Waals surface area contributed by atoms with Crippen LogP contribution in [0.5, 0.6) is 0 Å². The second-order valence-electron chi connectivity index (χ2n) is 2.66. The van der Waals surface area contributed by atoms with Gasteiger partial charge in [0.15, 0.2) is 6.04 Å². The molecule has 0 aliphatic heterocycles. The number of rotatable bonds is 2. The lowest BCUT2D eigenvalue weighted by atomic mass is 10.0. The maximum Gasteiger partial charge on any atom is 0.338 e. The number of carbonyl (C=O) groups is 1. The first kappa shape index (κ1) is 12.9. The average Bonchev–Trinajstić information content (AvgIpc) is 2.14. The van der Waals surface area contributed by atoms with Crippen LogP contribution in [0.3, 0.4) is 0 Å². The van der Waals surface area contributed by atoms with Crippen LogP contribution >= 0.6 is 23.2 Å². The molecular weight excluding hydrogens is 281 g/mol. The van der Waals surface area contributed by atoms with Gasteiger partial charge in [0.2, 0.25) is 10.3 Å². The second kappa shape index (κ2) is 4.77. The van der Waals surface area contributed by atoms with Gasteiger partial charge in [-0.25, -0.2) is 4.79 Å². The number of carboxylic acid groups (broad SMARTS) is 1. The van der Waals surface area contributed by atoms with Crippen LogP contribution in [0.25, 0.3) is 0 Å². The number of carboxylic acids is 1. The number of hydrogen-bond donors (Lipinski definition) is 1. The third-order valence-corrected chi connectivity index (χ3v) is 3.38. The van der Waals surface area contributed by atoms with Crippen LogP contribution in [0.15, 0.2) is 26.9 Å². The molecule has 0 fully saturated rings. The number of nitrogens with zero attached hydrogens (tertiary/aromatic N) is 1. The molecular formula is C7H3Cl2NO5S. The van der Waals surface area contributed by atoms with Gasteiger partial charge in [-0.05, 0) is 6.08 Å². The Morgan fingerprint density at radius 3 is 2.38 bits per heavy atom. The Hall–Kier alpha value is -1.18. The monoisotopic (exact) mass is 283 g/mol. The molecule has 0 radical (unpaired) electrons. The van der Waals surface area contributed by atoms with E-state index in [1.165, 1.54) is 0 Å². The van der Waals surface area contributed by atoms with Gasteiger partial charge in [-0.15, -0.1) is 4.91 Å². The highest BCUT2D eigenvalue weighted by atomic mass is 35.5. The Kier molecular flexibility index (Phi) is 3.84. The lowest BCUT2D eigenvalue weighted by Crippen LogP contribution is -2.24. The Labute approximate surface area is 101 Å². The number of nitroso groups, excluding NO2 is 1. The van der Waals surface area contributed by atoms with Crippen molar-refractivity contribution in [1.29, 1.82) is 0 Å². The van der Waals surface area contributed by atoms with Crippen molar-refractivity contribution < 1.29 is 18.3 Å². The zero-order valence-electron chi connectivity index (χ0n) is 7.35. The van der Waals surface area contributed by atoms with E-state index in [0.717, 1.165) is 6.08 Å². The zero-order chi connectivity index (χ0) is 12.5. The van der Waals surface area contributed by atoms with Crippen molar-refractivity contribution in [2.24, 2.45) is 5.18 Å². The molecule has 9 heteroatoms.